The summed E-state index contributed by atoms with van der Waals surface area (Å²) < 4.78 is 5.34. The Labute approximate surface area is 113 Å². The molecule has 2 unspecified atom stereocenters. The number of anilines is 2. The molecule has 2 N–H and O–H groups in total. The van der Waals surface area contributed by atoms with E-state index in [0.29, 0.717) is 37.0 Å². The molecule has 0 amide bonds. The summed E-state index contributed by atoms with van der Waals surface area (Å²) in [6.45, 7) is 5.82. The van der Waals surface area contributed by atoms with E-state index < -0.39 is 0 Å². The van der Waals surface area contributed by atoms with Crippen molar-refractivity contribution in [2.24, 2.45) is 5.92 Å². The lowest BCUT2D eigenvalue weighted by molar-refractivity contribution is 0.102. The zero-order chi connectivity index (χ0) is 13.8. The fourth-order valence-corrected chi connectivity index (χ4v) is 2.02. The molecule has 0 saturated carbocycles. The van der Waals surface area contributed by atoms with Crippen LogP contribution in [0.15, 0.2) is 0 Å². The Bertz CT molecular complexity index is 429. The zero-order valence-electron chi connectivity index (χ0n) is 11.6. The van der Waals surface area contributed by atoms with E-state index in [1.807, 2.05) is 11.8 Å². The molecule has 1 saturated heterocycles. The molecule has 2 rings (SSSR count). The van der Waals surface area contributed by atoms with E-state index in [4.69, 9.17) is 4.74 Å². The SMILES string of the molecule is CCOc1nc(NC)nc(N2CCC(C)C(O)C2)n1. The maximum atomic E-state index is 9.95. The molecule has 0 bridgehead atoms. The summed E-state index contributed by atoms with van der Waals surface area (Å²) >= 11 is 0. The van der Waals surface area contributed by atoms with Crippen LogP contribution in [-0.2, 0) is 0 Å². The lowest BCUT2D eigenvalue weighted by atomic mass is 9.96. The second kappa shape index (κ2) is 6.01. The second-order valence-electron chi connectivity index (χ2n) is 4.70. The highest BCUT2D eigenvalue weighted by molar-refractivity contribution is 5.38. The number of β-amino-alcohol motifs (C(OH)–C–C–N with tert-alkyl or cyclic N) is 1. The van der Waals surface area contributed by atoms with Gasteiger partial charge in [0.2, 0.25) is 11.9 Å². The van der Waals surface area contributed by atoms with Crippen LogP contribution in [-0.4, -0.2) is 52.9 Å². The Morgan fingerprint density at radius 1 is 1.42 bits per heavy atom. The summed E-state index contributed by atoms with van der Waals surface area (Å²) in [7, 11) is 1.75. The van der Waals surface area contributed by atoms with Crippen LogP contribution in [0.4, 0.5) is 11.9 Å². The van der Waals surface area contributed by atoms with Crippen molar-refractivity contribution in [1.29, 1.82) is 0 Å². The van der Waals surface area contributed by atoms with E-state index in [1.54, 1.807) is 7.05 Å². The number of ether oxygens (including phenoxy) is 1. The number of rotatable bonds is 4. The fourth-order valence-electron chi connectivity index (χ4n) is 2.02. The summed E-state index contributed by atoms with van der Waals surface area (Å²) in [5.41, 5.74) is 0. The molecule has 19 heavy (non-hydrogen) atoms. The number of hydrogen-bond donors (Lipinski definition) is 2. The van der Waals surface area contributed by atoms with E-state index in [1.165, 1.54) is 0 Å². The molecule has 7 nitrogen and oxygen atoms in total. The predicted molar refractivity (Wildman–Crippen MR) is 72.5 cm³/mol. The first-order valence-corrected chi connectivity index (χ1v) is 6.63. The average Bonchev–Trinajstić information content (AvgIpc) is 2.42. The van der Waals surface area contributed by atoms with Gasteiger partial charge in [0, 0.05) is 20.1 Å². The van der Waals surface area contributed by atoms with Crippen LogP contribution in [0.1, 0.15) is 20.3 Å². The smallest absolute Gasteiger partial charge is 0.323 e. The van der Waals surface area contributed by atoms with Gasteiger partial charge >= 0.3 is 6.01 Å². The highest BCUT2D eigenvalue weighted by atomic mass is 16.5. The highest BCUT2D eigenvalue weighted by Crippen LogP contribution is 2.22. The first-order valence-electron chi connectivity index (χ1n) is 6.63. The van der Waals surface area contributed by atoms with Gasteiger partial charge in [-0.3, -0.25) is 0 Å². The number of nitrogens with one attached hydrogen (secondary N) is 1. The standard InChI is InChI=1S/C12H21N5O2/c1-4-19-12-15-10(13-3)14-11(16-12)17-6-5-8(2)9(18)7-17/h8-9,18H,4-7H2,1-3H3,(H,13,14,15,16). The highest BCUT2D eigenvalue weighted by Gasteiger charge is 2.26. The van der Waals surface area contributed by atoms with Crippen molar-refractivity contribution in [3.63, 3.8) is 0 Å². The van der Waals surface area contributed by atoms with E-state index in [9.17, 15) is 5.11 Å². The molecule has 1 aromatic rings. The van der Waals surface area contributed by atoms with E-state index in [0.717, 1.165) is 13.0 Å². The van der Waals surface area contributed by atoms with Gasteiger partial charge in [-0.2, -0.15) is 15.0 Å². The number of piperidine rings is 1. The van der Waals surface area contributed by atoms with Gasteiger partial charge in [0.15, 0.2) is 0 Å². The minimum absolute atomic E-state index is 0.310. The summed E-state index contributed by atoms with van der Waals surface area (Å²) in [5.74, 6) is 1.34. The molecule has 0 radical (unpaired) electrons. The molecule has 106 valence electrons. The van der Waals surface area contributed by atoms with Crippen molar-refractivity contribution in [2.75, 3.05) is 37.0 Å². The summed E-state index contributed by atoms with van der Waals surface area (Å²) in [4.78, 5) is 14.7. The molecule has 1 aliphatic heterocycles. The number of aliphatic hydroxyl groups is 1. The van der Waals surface area contributed by atoms with Crippen molar-refractivity contribution in [3.05, 3.63) is 0 Å². The topological polar surface area (TPSA) is 83.4 Å². The zero-order valence-corrected chi connectivity index (χ0v) is 11.6. The number of aromatic nitrogens is 3. The monoisotopic (exact) mass is 267 g/mol. The lowest BCUT2D eigenvalue weighted by Crippen LogP contribution is -2.43. The average molecular weight is 267 g/mol. The van der Waals surface area contributed by atoms with Crippen LogP contribution in [0.5, 0.6) is 6.01 Å². The number of nitrogens with zero attached hydrogens (tertiary/aromatic N) is 4. The summed E-state index contributed by atoms with van der Waals surface area (Å²) in [6, 6.07) is 0.310. The third-order valence-corrected chi connectivity index (χ3v) is 3.30. The molecular formula is C12H21N5O2. The van der Waals surface area contributed by atoms with Gasteiger partial charge in [-0.1, -0.05) is 6.92 Å². The lowest BCUT2D eigenvalue weighted by Gasteiger charge is -2.34. The maximum Gasteiger partial charge on any atom is 0.323 e. The van der Waals surface area contributed by atoms with Gasteiger partial charge in [-0.15, -0.1) is 0 Å². The van der Waals surface area contributed by atoms with Crippen molar-refractivity contribution in [1.82, 2.24) is 15.0 Å². The van der Waals surface area contributed by atoms with Gasteiger partial charge in [-0.05, 0) is 19.3 Å². The third-order valence-electron chi connectivity index (χ3n) is 3.30. The number of aliphatic hydroxyl groups excluding tert-OH is 1. The van der Waals surface area contributed by atoms with Crippen LogP contribution >= 0.6 is 0 Å². The van der Waals surface area contributed by atoms with Crippen molar-refractivity contribution >= 4 is 11.9 Å². The Hall–Kier alpha value is -1.63. The molecule has 1 aliphatic rings. The molecule has 0 aromatic carbocycles. The van der Waals surface area contributed by atoms with Crippen molar-refractivity contribution < 1.29 is 9.84 Å². The largest absolute Gasteiger partial charge is 0.464 e. The van der Waals surface area contributed by atoms with Gasteiger partial charge in [0.05, 0.1) is 12.7 Å². The Balaban J connectivity index is 2.20. The van der Waals surface area contributed by atoms with Crippen molar-refractivity contribution in [3.8, 4) is 6.01 Å². The predicted octanol–water partition coefficient (Wildman–Crippen LogP) is 0.519. The van der Waals surface area contributed by atoms with E-state index in [2.05, 4.69) is 27.2 Å². The van der Waals surface area contributed by atoms with E-state index >= 15 is 0 Å². The molecular weight excluding hydrogens is 246 g/mol. The molecule has 1 fully saturated rings. The van der Waals surface area contributed by atoms with Gasteiger partial charge < -0.3 is 20.1 Å². The summed E-state index contributed by atoms with van der Waals surface area (Å²) in [6.07, 6.45) is 0.574. The van der Waals surface area contributed by atoms with Gasteiger partial charge in [0.25, 0.3) is 0 Å². The fraction of sp³-hybridized carbons (Fsp3) is 0.750. The number of hydrogen-bond acceptors (Lipinski definition) is 7. The second-order valence-corrected chi connectivity index (χ2v) is 4.70. The Kier molecular flexibility index (Phi) is 4.36. The molecule has 0 aliphatic carbocycles. The van der Waals surface area contributed by atoms with Crippen LogP contribution in [0.2, 0.25) is 0 Å². The first kappa shape index (κ1) is 13.8. The first-order chi connectivity index (χ1) is 9.13. The maximum absolute atomic E-state index is 9.95. The summed E-state index contributed by atoms with van der Waals surface area (Å²) in [5, 5.41) is 12.8. The van der Waals surface area contributed by atoms with E-state index in [-0.39, 0.29) is 6.10 Å². The minimum atomic E-state index is -0.348. The quantitative estimate of drug-likeness (QED) is 0.822. The van der Waals surface area contributed by atoms with Crippen LogP contribution in [0, 0.1) is 5.92 Å². The molecule has 7 heteroatoms. The molecule has 2 atom stereocenters. The minimum Gasteiger partial charge on any atom is -0.464 e. The normalized spacial score (nSPS) is 23.3. The van der Waals surface area contributed by atoms with Crippen LogP contribution in [0.25, 0.3) is 0 Å². The molecule has 2 heterocycles. The Morgan fingerprint density at radius 2 is 2.21 bits per heavy atom. The third kappa shape index (κ3) is 3.23. The van der Waals surface area contributed by atoms with Gasteiger partial charge in [-0.25, -0.2) is 0 Å². The Morgan fingerprint density at radius 3 is 2.84 bits per heavy atom. The van der Waals surface area contributed by atoms with Gasteiger partial charge in [0.1, 0.15) is 0 Å². The van der Waals surface area contributed by atoms with Crippen LogP contribution < -0.4 is 15.0 Å². The molecule has 0 spiro atoms. The molecule has 1 aromatic heterocycles. The van der Waals surface area contributed by atoms with Crippen LogP contribution in [0.3, 0.4) is 0 Å². The van der Waals surface area contributed by atoms with Crippen molar-refractivity contribution in [2.45, 2.75) is 26.4 Å².